The van der Waals surface area contributed by atoms with Crippen molar-refractivity contribution in [1.82, 2.24) is 10.1 Å². The van der Waals surface area contributed by atoms with E-state index in [0.29, 0.717) is 34.0 Å². The molecular weight excluding hydrogens is 328 g/mol. The van der Waals surface area contributed by atoms with E-state index in [-0.39, 0.29) is 18.9 Å². The van der Waals surface area contributed by atoms with Crippen LogP contribution in [0, 0.1) is 18.6 Å². The first-order chi connectivity index (χ1) is 12.0. The minimum absolute atomic E-state index is 0.106. The van der Waals surface area contributed by atoms with Gasteiger partial charge in [-0.3, -0.25) is 9.78 Å². The van der Waals surface area contributed by atoms with Gasteiger partial charge >= 0.3 is 0 Å². The number of benzene rings is 1. The maximum absolute atomic E-state index is 13.5. The summed E-state index contributed by atoms with van der Waals surface area (Å²) in [5, 5.41) is 3.90. The summed E-state index contributed by atoms with van der Waals surface area (Å²) in [6.07, 6.45) is 1.70. The summed E-state index contributed by atoms with van der Waals surface area (Å²) < 4.78 is 32.0. The highest BCUT2D eigenvalue weighted by Gasteiger charge is 2.29. The van der Waals surface area contributed by atoms with Gasteiger partial charge in [0.25, 0.3) is 0 Å². The molecule has 1 aliphatic heterocycles. The zero-order valence-corrected chi connectivity index (χ0v) is 13.3. The Labute approximate surface area is 141 Å². The van der Waals surface area contributed by atoms with Crippen LogP contribution in [0.5, 0.6) is 0 Å². The number of fused-ring (bicyclic) bond motifs is 1. The Kier molecular flexibility index (Phi) is 3.56. The van der Waals surface area contributed by atoms with Crippen LogP contribution in [-0.4, -0.2) is 16.0 Å². The first-order valence-corrected chi connectivity index (χ1v) is 7.67. The van der Waals surface area contributed by atoms with Crippen LogP contribution < -0.4 is 4.90 Å². The first-order valence-electron chi connectivity index (χ1n) is 7.67. The number of rotatable bonds is 3. The third kappa shape index (κ3) is 2.88. The quantitative estimate of drug-likeness (QED) is 0.732. The van der Waals surface area contributed by atoms with E-state index in [1.165, 1.54) is 18.3 Å². The number of aromatic nitrogens is 2. The molecule has 7 heteroatoms. The fourth-order valence-electron chi connectivity index (χ4n) is 2.93. The molecule has 126 valence electrons. The highest BCUT2D eigenvalue weighted by Crippen LogP contribution is 2.33. The molecule has 0 saturated carbocycles. The Bertz CT molecular complexity index is 964. The molecule has 0 aliphatic carbocycles. The van der Waals surface area contributed by atoms with Gasteiger partial charge in [0.1, 0.15) is 23.1 Å². The Balaban J connectivity index is 1.72. The van der Waals surface area contributed by atoms with Gasteiger partial charge in [0.2, 0.25) is 5.91 Å². The molecule has 25 heavy (non-hydrogen) atoms. The van der Waals surface area contributed by atoms with Crippen molar-refractivity contribution in [2.75, 3.05) is 4.90 Å². The van der Waals surface area contributed by atoms with Gasteiger partial charge < -0.3 is 9.42 Å². The molecule has 3 heterocycles. The van der Waals surface area contributed by atoms with Crippen LogP contribution in [0.2, 0.25) is 0 Å². The second-order valence-electron chi connectivity index (χ2n) is 5.93. The van der Waals surface area contributed by atoms with Gasteiger partial charge in [-0.2, -0.15) is 0 Å². The molecule has 0 spiro atoms. The number of aryl methyl sites for hydroxylation is 1. The van der Waals surface area contributed by atoms with Gasteiger partial charge in [0, 0.05) is 23.9 Å². The number of amides is 1. The van der Waals surface area contributed by atoms with E-state index >= 15 is 0 Å². The highest BCUT2D eigenvalue weighted by atomic mass is 19.1. The lowest BCUT2D eigenvalue weighted by molar-refractivity contribution is -0.117. The fourth-order valence-corrected chi connectivity index (χ4v) is 2.93. The lowest BCUT2D eigenvalue weighted by atomic mass is 10.1. The number of carbonyl (C=O) groups is 1. The van der Waals surface area contributed by atoms with Crippen molar-refractivity contribution in [3.05, 3.63) is 65.3 Å². The van der Waals surface area contributed by atoms with Crippen LogP contribution in [-0.2, 0) is 17.8 Å². The number of hydrogen-bond acceptors (Lipinski definition) is 4. The average molecular weight is 341 g/mol. The Morgan fingerprint density at radius 3 is 2.56 bits per heavy atom. The standard InChI is InChI=1S/C18H13F2N3O2/c1-10-2-15(22-25-10)9-23-17-5-12(8-21-16(17)7-18(23)24)11-3-13(19)6-14(20)4-11/h2-6,8H,7,9H2,1H3. The van der Waals surface area contributed by atoms with Gasteiger partial charge in [-0.15, -0.1) is 0 Å². The number of hydrogen-bond donors (Lipinski definition) is 0. The number of pyridine rings is 1. The fraction of sp³-hybridized carbons (Fsp3) is 0.167. The smallest absolute Gasteiger partial charge is 0.233 e. The Morgan fingerprint density at radius 1 is 1.12 bits per heavy atom. The maximum Gasteiger partial charge on any atom is 0.233 e. The lowest BCUT2D eigenvalue weighted by Gasteiger charge is -2.16. The number of nitrogens with zero attached hydrogens (tertiary/aromatic N) is 3. The molecule has 0 radical (unpaired) electrons. The topological polar surface area (TPSA) is 59.2 Å². The van der Waals surface area contributed by atoms with Crippen LogP contribution in [0.1, 0.15) is 17.1 Å². The molecule has 0 unspecified atom stereocenters. The molecule has 1 aliphatic rings. The normalized spacial score (nSPS) is 13.4. The summed E-state index contributed by atoms with van der Waals surface area (Å²) in [5.41, 5.74) is 2.78. The summed E-state index contributed by atoms with van der Waals surface area (Å²) in [7, 11) is 0. The maximum atomic E-state index is 13.5. The lowest BCUT2D eigenvalue weighted by Crippen LogP contribution is -2.26. The van der Waals surface area contributed by atoms with Gasteiger partial charge in [-0.05, 0) is 30.7 Å². The van der Waals surface area contributed by atoms with Crippen LogP contribution in [0.15, 0.2) is 41.1 Å². The van der Waals surface area contributed by atoms with Crippen molar-refractivity contribution in [2.24, 2.45) is 0 Å². The molecule has 2 aromatic heterocycles. The SMILES string of the molecule is Cc1cc(CN2C(=O)Cc3ncc(-c4cc(F)cc(F)c4)cc32)no1. The third-order valence-electron chi connectivity index (χ3n) is 4.05. The zero-order valence-electron chi connectivity index (χ0n) is 13.3. The summed E-state index contributed by atoms with van der Waals surface area (Å²) in [4.78, 5) is 18.2. The van der Waals surface area contributed by atoms with E-state index in [0.717, 1.165) is 6.07 Å². The van der Waals surface area contributed by atoms with E-state index in [9.17, 15) is 13.6 Å². The van der Waals surface area contributed by atoms with E-state index < -0.39 is 11.6 Å². The molecule has 1 aromatic carbocycles. The molecule has 1 amide bonds. The van der Waals surface area contributed by atoms with Crippen LogP contribution in [0.3, 0.4) is 0 Å². The van der Waals surface area contributed by atoms with Gasteiger partial charge in [-0.1, -0.05) is 5.16 Å². The van der Waals surface area contributed by atoms with E-state index in [1.807, 2.05) is 0 Å². The molecule has 0 bridgehead atoms. The van der Waals surface area contributed by atoms with Crippen molar-refractivity contribution in [3.8, 4) is 11.1 Å². The predicted octanol–water partition coefficient (Wildman–Crippen LogP) is 3.41. The van der Waals surface area contributed by atoms with E-state index in [4.69, 9.17) is 4.52 Å². The van der Waals surface area contributed by atoms with Gasteiger partial charge in [0.05, 0.1) is 24.3 Å². The van der Waals surface area contributed by atoms with Crippen molar-refractivity contribution in [2.45, 2.75) is 19.9 Å². The summed E-state index contributed by atoms with van der Waals surface area (Å²) in [6.45, 7) is 2.03. The predicted molar refractivity (Wildman–Crippen MR) is 85.7 cm³/mol. The first kappa shape index (κ1) is 15.4. The van der Waals surface area contributed by atoms with Crippen molar-refractivity contribution >= 4 is 11.6 Å². The Hall–Kier alpha value is -3.09. The summed E-state index contributed by atoms with van der Waals surface area (Å²) in [5.74, 6) is -0.780. The largest absolute Gasteiger partial charge is 0.361 e. The van der Waals surface area contributed by atoms with E-state index in [1.54, 1.807) is 24.0 Å². The second kappa shape index (κ2) is 5.77. The monoisotopic (exact) mass is 341 g/mol. The minimum Gasteiger partial charge on any atom is -0.361 e. The summed E-state index contributed by atoms with van der Waals surface area (Å²) in [6, 6.07) is 6.75. The van der Waals surface area contributed by atoms with Gasteiger partial charge in [0.15, 0.2) is 0 Å². The van der Waals surface area contributed by atoms with E-state index in [2.05, 4.69) is 10.1 Å². The number of anilines is 1. The second-order valence-corrected chi connectivity index (χ2v) is 5.93. The Morgan fingerprint density at radius 2 is 1.88 bits per heavy atom. The molecule has 5 nitrogen and oxygen atoms in total. The molecule has 0 saturated heterocycles. The average Bonchev–Trinajstić information content (AvgIpc) is 3.10. The van der Waals surface area contributed by atoms with Crippen LogP contribution in [0.25, 0.3) is 11.1 Å². The summed E-state index contributed by atoms with van der Waals surface area (Å²) >= 11 is 0. The molecule has 0 atom stereocenters. The van der Waals surface area contributed by atoms with Crippen molar-refractivity contribution in [3.63, 3.8) is 0 Å². The third-order valence-corrected chi connectivity index (χ3v) is 4.05. The molecule has 4 rings (SSSR count). The number of carbonyl (C=O) groups excluding carboxylic acids is 1. The van der Waals surface area contributed by atoms with Crippen molar-refractivity contribution < 1.29 is 18.1 Å². The molecule has 0 fully saturated rings. The molecule has 0 N–H and O–H groups in total. The van der Waals surface area contributed by atoms with Gasteiger partial charge in [-0.25, -0.2) is 8.78 Å². The van der Waals surface area contributed by atoms with Crippen molar-refractivity contribution in [1.29, 1.82) is 0 Å². The molecular formula is C18H13F2N3O2. The molecule has 3 aromatic rings. The number of halogens is 2. The van der Waals surface area contributed by atoms with Crippen LogP contribution in [0.4, 0.5) is 14.5 Å². The minimum atomic E-state index is -0.665. The van der Waals surface area contributed by atoms with Crippen LogP contribution >= 0.6 is 0 Å². The zero-order chi connectivity index (χ0) is 17.6. The highest BCUT2D eigenvalue weighted by molar-refractivity contribution is 6.01.